The van der Waals surface area contributed by atoms with Gasteiger partial charge < -0.3 is 24.3 Å². The summed E-state index contributed by atoms with van der Waals surface area (Å²) in [6.07, 6.45) is -0.850. The maximum Gasteiger partial charge on any atom is 0.260 e. The number of benzene rings is 2. The van der Waals surface area contributed by atoms with Crippen molar-refractivity contribution in [2.45, 2.75) is 19.1 Å². The zero-order valence-corrected chi connectivity index (χ0v) is 14.2. The molecule has 2 aromatic carbocycles. The van der Waals surface area contributed by atoms with E-state index in [9.17, 15) is 4.79 Å². The molecule has 132 valence electrons. The fourth-order valence-electron chi connectivity index (χ4n) is 2.43. The minimum Gasteiger partial charge on any atom is -0.497 e. The first-order valence-corrected chi connectivity index (χ1v) is 8.12. The van der Waals surface area contributed by atoms with E-state index in [0.29, 0.717) is 24.7 Å². The molecule has 0 bridgehead atoms. The predicted molar refractivity (Wildman–Crippen MR) is 92.4 cm³/mol. The zero-order chi connectivity index (χ0) is 17.6. The third kappa shape index (κ3) is 4.35. The molecule has 25 heavy (non-hydrogen) atoms. The Kier molecular flexibility index (Phi) is 5.28. The van der Waals surface area contributed by atoms with Gasteiger partial charge in [-0.1, -0.05) is 12.1 Å². The summed E-state index contributed by atoms with van der Waals surface area (Å²) in [5.74, 6) is 2.55. The van der Waals surface area contributed by atoms with E-state index >= 15 is 0 Å². The van der Waals surface area contributed by atoms with Crippen molar-refractivity contribution in [1.82, 2.24) is 5.32 Å². The summed E-state index contributed by atoms with van der Waals surface area (Å²) >= 11 is 0. The van der Waals surface area contributed by atoms with Crippen molar-refractivity contribution in [3.63, 3.8) is 0 Å². The average molecular weight is 343 g/mol. The lowest BCUT2D eigenvalue weighted by Gasteiger charge is -2.27. The molecule has 1 N–H and O–H groups in total. The number of rotatable bonds is 6. The Morgan fingerprint density at radius 2 is 1.84 bits per heavy atom. The van der Waals surface area contributed by atoms with Crippen LogP contribution < -0.4 is 24.3 Å². The van der Waals surface area contributed by atoms with Crippen molar-refractivity contribution in [2.24, 2.45) is 0 Å². The summed E-state index contributed by atoms with van der Waals surface area (Å²) in [4.78, 5) is 12.2. The first-order valence-electron chi connectivity index (χ1n) is 8.12. The van der Waals surface area contributed by atoms with Crippen LogP contribution in [0.2, 0.25) is 0 Å². The van der Waals surface area contributed by atoms with E-state index in [1.807, 2.05) is 24.3 Å². The Morgan fingerprint density at radius 3 is 2.56 bits per heavy atom. The number of carbonyl (C=O) groups excluding carboxylic acids is 1. The lowest BCUT2D eigenvalue weighted by atomic mass is 10.2. The van der Waals surface area contributed by atoms with Crippen molar-refractivity contribution in [1.29, 1.82) is 0 Å². The summed E-state index contributed by atoms with van der Waals surface area (Å²) < 4.78 is 22.2. The Labute approximate surface area is 146 Å². The monoisotopic (exact) mass is 343 g/mol. The van der Waals surface area contributed by atoms with Gasteiger partial charge in [0.05, 0.1) is 13.7 Å². The van der Waals surface area contributed by atoms with Gasteiger partial charge in [0.2, 0.25) is 0 Å². The fraction of sp³-hybridized carbons (Fsp3) is 0.316. The van der Waals surface area contributed by atoms with Crippen LogP contribution in [0.1, 0.15) is 6.92 Å². The van der Waals surface area contributed by atoms with Gasteiger partial charge in [0, 0.05) is 0 Å². The Balaban J connectivity index is 1.47. The van der Waals surface area contributed by atoms with E-state index in [-0.39, 0.29) is 12.0 Å². The molecular formula is C19H21NO5. The van der Waals surface area contributed by atoms with Gasteiger partial charge in [-0.25, -0.2) is 0 Å². The number of nitrogens with one attached hydrogen (secondary N) is 1. The zero-order valence-electron chi connectivity index (χ0n) is 14.2. The molecule has 6 heteroatoms. The van der Waals surface area contributed by atoms with Crippen LogP contribution in [-0.4, -0.2) is 38.4 Å². The number of hydrogen-bond donors (Lipinski definition) is 1. The molecule has 2 atom stereocenters. The molecule has 6 nitrogen and oxygen atoms in total. The third-order valence-corrected chi connectivity index (χ3v) is 3.81. The van der Waals surface area contributed by atoms with Gasteiger partial charge in [-0.15, -0.1) is 0 Å². The number of para-hydroxylation sites is 2. The Bertz CT molecular complexity index is 716. The second-order valence-electron chi connectivity index (χ2n) is 5.68. The Morgan fingerprint density at radius 1 is 1.16 bits per heavy atom. The Hall–Kier alpha value is -2.89. The van der Waals surface area contributed by atoms with Crippen LogP contribution in [0.4, 0.5) is 0 Å². The molecule has 2 aromatic rings. The van der Waals surface area contributed by atoms with Crippen LogP contribution in [0.3, 0.4) is 0 Å². The first kappa shape index (κ1) is 17.0. The van der Waals surface area contributed by atoms with E-state index in [1.54, 1.807) is 38.3 Å². The number of hydrogen-bond acceptors (Lipinski definition) is 5. The topological polar surface area (TPSA) is 66.0 Å². The second kappa shape index (κ2) is 7.79. The normalized spacial score (nSPS) is 16.6. The second-order valence-corrected chi connectivity index (χ2v) is 5.68. The molecule has 1 heterocycles. The van der Waals surface area contributed by atoms with Gasteiger partial charge in [0.25, 0.3) is 5.91 Å². The van der Waals surface area contributed by atoms with Crippen molar-refractivity contribution in [2.75, 3.05) is 20.3 Å². The van der Waals surface area contributed by atoms with Crippen molar-refractivity contribution >= 4 is 5.91 Å². The molecule has 1 aliphatic rings. The van der Waals surface area contributed by atoms with Crippen LogP contribution in [-0.2, 0) is 4.79 Å². The maximum atomic E-state index is 12.2. The summed E-state index contributed by atoms with van der Waals surface area (Å²) in [6, 6.07) is 14.6. The SMILES string of the molecule is COc1ccc(O[C@H](C)C(=O)NC[C@H]2COc3ccccc3O2)cc1. The summed E-state index contributed by atoms with van der Waals surface area (Å²) in [7, 11) is 1.60. The highest BCUT2D eigenvalue weighted by molar-refractivity contribution is 5.80. The van der Waals surface area contributed by atoms with Gasteiger partial charge in [-0.3, -0.25) is 4.79 Å². The molecular weight excluding hydrogens is 322 g/mol. The van der Waals surface area contributed by atoms with Crippen molar-refractivity contribution in [3.8, 4) is 23.0 Å². The average Bonchev–Trinajstić information content (AvgIpc) is 2.66. The maximum absolute atomic E-state index is 12.2. The highest BCUT2D eigenvalue weighted by Gasteiger charge is 2.22. The van der Waals surface area contributed by atoms with Gasteiger partial charge >= 0.3 is 0 Å². The van der Waals surface area contributed by atoms with E-state index in [2.05, 4.69) is 5.32 Å². The summed E-state index contributed by atoms with van der Waals surface area (Å²) in [6.45, 7) is 2.45. The molecule has 0 aliphatic carbocycles. The molecule has 1 aliphatic heterocycles. The van der Waals surface area contributed by atoms with Gasteiger partial charge in [-0.2, -0.15) is 0 Å². The first-order chi connectivity index (χ1) is 12.2. The summed E-state index contributed by atoms with van der Waals surface area (Å²) in [5.41, 5.74) is 0. The molecule has 0 saturated carbocycles. The lowest BCUT2D eigenvalue weighted by Crippen LogP contribution is -2.44. The van der Waals surface area contributed by atoms with E-state index in [1.165, 1.54) is 0 Å². The molecule has 3 rings (SSSR count). The molecule has 0 unspecified atom stereocenters. The molecule has 0 aromatic heterocycles. The third-order valence-electron chi connectivity index (χ3n) is 3.81. The van der Waals surface area contributed by atoms with E-state index < -0.39 is 6.10 Å². The lowest BCUT2D eigenvalue weighted by molar-refractivity contribution is -0.127. The number of carbonyl (C=O) groups is 1. The minimum atomic E-state index is -0.620. The minimum absolute atomic E-state index is 0.210. The van der Waals surface area contributed by atoms with Crippen LogP contribution in [0.5, 0.6) is 23.0 Å². The number of amides is 1. The number of fused-ring (bicyclic) bond motifs is 1. The summed E-state index contributed by atoms with van der Waals surface area (Å²) in [5, 5.41) is 2.83. The number of ether oxygens (including phenoxy) is 4. The highest BCUT2D eigenvalue weighted by atomic mass is 16.6. The predicted octanol–water partition coefficient (Wildman–Crippen LogP) is 2.42. The largest absolute Gasteiger partial charge is 0.497 e. The van der Waals surface area contributed by atoms with Gasteiger partial charge in [0.1, 0.15) is 24.2 Å². The molecule has 0 radical (unpaired) electrons. The van der Waals surface area contributed by atoms with Gasteiger partial charge in [0.15, 0.2) is 17.6 Å². The van der Waals surface area contributed by atoms with E-state index in [4.69, 9.17) is 18.9 Å². The molecule has 0 saturated heterocycles. The van der Waals surface area contributed by atoms with Crippen LogP contribution in [0.15, 0.2) is 48.5 Å². The van der Waals surface area contributed by atoms with Crippen LogP contribution in [0.25, 0.3) is 0 Å². The van der Waals surface area contributed by atoms with Crippen LogP contribution in [0, 0.1) is 0 Å². The van der Waals surface area contributed by atoms with E-state index in [0.717, 1.165) is 11.5 Å². The van der Waals surface area contributed by atoms with Gasteiger partial charge in [-0.05, 0) is 43.3 Å². The molecule has 0 fully saturated rings. The van der Waals surface area contributed by atoms with Crippen molar-refractivity contribution in [3.05, 3.63) is 48.5 Å². The smallest absolute Gasteiger partial charge is 0.260 e. The fourth-order valence-corrected chi connectivity index (χ4v) is 2.43. The number of methoxy groups -OCH3 is 1. The quantitative estimate of drug-likeness (QED) is 0.873. The molecule has 0 spiro atoms. The highest BCUT2D eigenvalue weighted by Crippen LogP contribution is 2.30. The molecule has 1 amide bonds. The standard InChI is InChI=1S/C19H21NO5/c1-13(24-15-9-7-14(22-2)8-10-15)19(21)20-11-16-12-23-17-5-3-4-6-18(17)25-16/h3-10,13,16H,11-12H2,1-2H3,(H,20,21)/t13-,16+/m1/s1. The van der Waals surface area contributed by atoms with Crippen LogP contribution >= 0.6 is 0 Å². The van der Waals surface area contributed by atoms with Crippen molar-refractivity contribution < 1.29 is 23.7 Å².